The first-order valence-electron chi connectivity index (χ1n) is 8.19. The second-order valence-corrected chi connectivity index (χ2v) is 6.84. The van der Waals surface area contributed by atoms with Gasteiger partial charge in [0, 0.05) is 12.2 Å². The van der Waals surface area contributed by atoms with Crippen LogP contribution in [0.5, 0.6) is 0 Å². The number of amides is 1. The summed E-state index contributed by atoms with van der Waals surface area (Å²) in [7, 11) is 1.36. The zero-order valence-electron chi connectivity index (χ0n) is 14.8. The molecule has 0 aromatic heterocycles. The molecule has 1 heterocycles. The summed E-state index contributed by atoms with van der Waals surface area (Å²) >= 11 is 0. The van der Waals surface area contributed by atoms with Crippen molar-refractivity contribution in [1.82, 2.24) is 4.90 Å². The predicted molar refractivity (Wildman–Crippen MR) is 92.5 cm³/mol. The van der Waals surface area contributed by atoms with E-state index in [9.17, 15) is 9.59 Å². The number of carbonyl (C=O) groups is 2. The van der Waals surface area contributed by atoms with Gasteiger partial charge in [0.25, 0.3) is 0 Å². The summed E-state index contributed by atoms with van der Waals surface area (Å²) in [6.07, 6.45) is 4.52. The Bertz CT molecular complexity index is 626. The van der Waals surface area contributed by atoms with E-state index in [0.717, 1.165) is 30.5 Å². The maximum atomic E-state index is 12.4. The van der Waals surface area contributed by atoms with Gasteiger partial charge in [0.2, 0.25) is 0 Å². The Balaban J connectivity index is 2.18. The van der Waals surface area contributed by atoms with Gasteiger partial charge in [-0.3, -0.25) is 4.90 Å². The van der Waals surface area contributed by atoms with Crippen LogP contribution in [0.1, 0.15) is 56.0 Å². The van der Waals surface area contributed by atoms with Crippen LogP contribution in [-0.4, -0.2) is 36.2 Å². The molecule has 1 saturated heterocycles. The molecule has 0 aliphatic carbocycles. The summed E-state index contributed by atoms with van der Waals surface area (Å²) < 4.78 is 10.2. The highest BCUT2D eigenvalue weighted by molar-refractivity contribution is 5.89. The largest absolute Gasteiger partial charge is 0.465 e. The third kappa shape index (κ3) is 4.85. The fourth-order valence-electron chi connectivity index (χ4n) is 2.56. The highest BCUT2D eigenvalue weighted by atomic mass is 16.6. The number of hydrogen-bond acceptors (Lipinski definition) is 4. The minimum Gasteiger partial charge on any atom is -0.465 e. The van der Waals surface area contributed by atoms with E-state index in [-0.39, 0.29) is 12.1 Å². The standard InChI is InChI=1S/C19H25NO4/c1-19(2,3)24-18(22)20-12-6-5-7-16(20)13-14-8-10-15(11-9-14)17(21)23-4/h8-11,13H,5-7,12H2,1-4H3. The maximum absolute atomic E-state index is 12.4. The van der Waals surface area contributed by atoms with Gasteiger partial charge in [0.15, 0.2) is 0 Å². The summed E-state index contributed by atoms with van der Waals surface area (Å²) in [4.78, 5) is 25.6. The van der Waals surface area contributed by atoms with E-state index in [2.05, 4.69) is 0 Å². The average Bonchev–Trinajstić information content (AvgIpc) is 2.53. The number of nitrogens with zero attached hydrogens (tertiary/aromatic N) is 1. The van der Waals surface area contributed by atoms with Gasteiger partial charge >= 0.3 is 12.1 Å². The van der Waals surface area contributed by atoms with Crippen LogP contribution in [0, 0.1) is 0 Å². The molecule has 1 amide bonds. The zero-order valence-corrected chi connectivity index (χ0v) is 14.8. The summed E-state index contributed by atoms with van der Waals surface area (Å²) in [6.45, 7) is 6.26. The van der Waals surface area contributed by atoms with Crippen LogP contribution in [0.25, 0.3) is 6.08 Å². The third-order valence-corrected chi connectivity index (χ3v) is 3.69. The fraction of sp³-hybridized carbons (Fsp3) is 0.474. The summed E-state index contributed by atoms with van der Waals surface area (Å²) in [6, 6.07) is 7.14. The number of allylic oxidation sites excluding steroid dienone is 1. The number of piperidine rings is 1. The van der Waals surface area contributed by atoms with Gasteiger partial charge in [-0.1, -0.05) is 12.1 Å². The quantitative estimate of drug-likeness (QED) is 0.761. The van der Waals surface area contributed by atoms with E-state index in [4.69, 9.17) is 9.47 Å². The van der Waals surface area contributed by atoms with E-state index < -0.39 is 5.60 Å². The topological polar surface area (TPSA) is 55.8 Å². The molecule has 1 fully saturated rings. The average molecular weight is 331 g/mol. The second kappa shape index (κ2) is 7.51. The molecular formula is C19H25NO4. The van der Waals surface area contributed by atoms with Crippen molar-refractivity contribution in [3.8, 4) is 0 Å². The molecule has 24 heavy (non-hydrogen) atoms. The highest BCUT2D eigenvalue weighted by Gasteiger charge is 2.26. The predicted octanol–water partition coefficient (Wildman–Crippen LogP) is 4.24. The molecule has 0 N–H and O–H groups in total. The minimum absolute atomic E-state index is 0.306. The van der Waals surface area contributed by atoms with Gasteiger partial charge in [-0.25, -0.2) is 9.59 Å². The molecular weight excluding hydrogens is 306 g/mol. The molecule has 2 rings (SSSR count). The van der Waals surface area contributed by atoms with Crippen LogP contribution in [0.4, 0.5) is 4.79 Å². The van der Waals surface area contributed by atoms with E-state index in [1.54, 1.807) is 17.0 Å². The van der Waals surface area contributed by atoms with Gasteiger partial charge in [-0.05, 0) is 63.8 Å². The van der Waals surface area contributed by atoms with Crippen LogP contribution in [0.15, 0.2) is 30.0 Å². The van der Waals surface area contributed by atoms with Crippen molar-refractivity contribution in [2.45, 2.75) is 45.6 Å². The number of rotatable bonds is 2. The number of hydrogen-bond donors (Lipinski definition) is 0. The van der Waals surface area contributed by atoms with Crippen LogP contribution in [0.2, 0.25) is 0 Å². The zero-order chi connectivity index (χ0) is 17.7. The number of carbonyl (C=O) groups excluding carboxylic acids is 2. The van der Waals surface area contributed by atoms with E-state index >= 15 is 0 Å². The van der Waals surface area contributed by atoms with Crippen LogP contribution in [0.3, 0.4) is 0 Å². The van der Waals surface area contributed by atoms with Crippen molar-refractivity contribution < 1.29 is 19.1 Å². The number of ether oxygens (including phenoxy) is 2. The Morgan fingerprint density at radius 3 is 2.38 bits per heavy atom. The fourth-order valence-corrected chi connectivity index (χ4v) is 2.56. The van der Waals surface area contributed by atoms with Crippen molar-refractivity contribution in [2.24, 2.45) is 0 Å². The van der Waals surface area contributed by atoms with Gasteiger partial charge in [0.05, 0.1) is 12.7 Å². The Labute approximate surface area is 143 Å². The van der Waals surface area contributed by atoms with Crippen LogP contribution in [-0.2, 0) is 9.47 Å². The van der Waals surface area contributed by atoms with Crippen LogP contribution < -0.4 is 0 Å². The molecule has 0 atom stereocenters. The number of methoxy groups -OCH3 is 1. The first-order valence-corrected chi connectivity index (χ1v) is 8.19. The third-order valence-electron chi connectivity index (χ3n) is 3.69. The second-order valence-electron chi connectivity index (χ2n) is 6.84. The lowest BCUT2D eigenvalue weighted by atomic mass is 10.0. The lowest BCUT2D eigenvalue weighted by Crippen LogP contribution is -2.38. The molecule has 0 spiro atoms. The molecule has 0 radical (unpaired) electrons. The maximum Gasteiger partial charge on any atom is 0.414 e. The number of benzene rings is 1. The van der Waals surface area contributed by atoms with Crippen molar-refractivity contribution >= 4 is 18.1 Å². The Kier molecular flexibility index (Phi) is 5.65. The first kappa shape index (κ1) is 18.0. The van der Waals surface area contributed by atoms with Crippen molar-refractivity contribution in [1.29, 1.82) is 0 Å². The molecule has 1 aromatic rings. The molecule has 0 unspecified atom stereocenters. The van der Waals surface area contributed by atoms with Gasteiger partial charge in [-0.2, -0.15) is 0 Å². The van der Waals surface area contributed by atoms with E-state index in [0.29, 0.717) is 12.1 Å². The molecule has 1 aliphatic rings. The van der Waals surface area contributed by atoms with Crippen molar-refractivity contribution in [3.05, 3.63) is 41.1 Å². The van der Waals surface area contributed by atoms with E-state index in [1.165, 1.54) is 7.11 Å². The normalized spacial score (nSPS) is 16.8. The van der Waals surface area contributed by atoms with Crippen molar-refractivity contribution in [3.63, 3.8) is 0 Å². The lowest BCUT2D eigenvalue weighted by Gasteiger charge is -2.32. The molecule has 5 nitrogen and oxygen atoms in total. The van der Waals surface area contributed by atoms with Gasteiger partial charge in [-0.15, -0.1) is 0 Å². The molecule has 0 saturated carbocycles. The molecule has 1 aliphatic heterocycles. The summed E-state index contributed by atoms with van der Waals surface area (Å²) in [5, 5.41) is 0. The molecule has 0 bridgehead atoms. The summed E-state index contributed by atoms with van der Waals surface area (Å²) in [5.74, 6) is -0.359. The lowest BCUT2D eigenvalue weighted by molar-refractivity contribution is 0.0288. The van der Waals surface area contributed by atoms with E-state index in [1.807, 2.05) is 39.0 Å². The molecule has 5 heteroatoms. The SMILES string of the molecule is COC(=O)c1ccc(C=C2CCCCN2C(=O)OC(C)(C)C)cc1. The Hall–Kier alpha value is -2.30. The minimum atomic E-state index is -0.512. The van der Waals surface area contributed by atoms with Crippen molar-refractivity contribution in [2.75, 3.05) is 13.7 Å². The van der Waals surface area contributed by atoms with Gasteiger partial charge in [0.1, 0.15) is 5.60 Å². The van der Waals surface area contributed by atoms with Crippen LogP contribution >= 0.6 is 0 Å². The number of likely N-dealkylation sites (tertiary alicyclic amines) is 1. The molecule has 1 aromatic carbocycles. The monoisotopic (exact) mass is 331 g/mol. The summed E-state index contributed by atoms with van der Waals surface area (Å²) in [5.41, 5.74) is 1.88. The number of esters is 1. The Morgan fingerprint density at radius 1 is 1.12 bits per heavy atom. The Morgan fingerprint density at radius 2 is 1.79 bits per heavy atom. The molecule has 130 valence electrons. The first-order chi connectivity index (χ1) is 11.3. The highest BCUT2D eigenvalue weighted by Crippen LogP contribution is 2.25. The van der Waals surface area contributed by atoms with Gasteiger partial charge < -0.3 is 9.47 Å². The smallest absolute Gasteiger partial charge is 0.414 e.